The summed E-state index contributed by atoms with van der Waals surface area (Å²) in [6.07, 6.45) is 0.980. The van der Waals surface area contributed by atoms with Gasteiger partial charge in [0, 0.05) is 19.8 Å². The predicted molar refractivity (Wildman–Crippen MR) is 59.3 cm³/mol. The second-order valence-electron chi connectivity index (χ2n) is 3.69. The van der Waals surface area contributed by atoms with Crippen molar-refractivity contribution in [2.75, 3.05) is 19.0 Å². The lowest BCUT2D eigenvalue weighted by atomic mass is 10.1. The molecule has 1 aromatic rings. The van der Waals surface area contributed by atoms with E-state index in [1.54, 1.807) is 0 Å². The van der Waals surface area contributed by atoms with Gasteiger partial charge in [0.25, 0.3) is 0 Å². The summed E-state index contributed by atoms with van der Waals surface area (Å²) in [7, 11) is 4.10. The Balaban J connectivity index is 2.75. The minimum absolute atomic E-state index is 0.980. The standard InChI is InChI=1S/C12H17N/c1-10(2)9-11-5-7-12(8-6-11)13(3)4/h5-8H,1,9H2,2-4H3. The fraction of sp³-hybridized carbons (Fsp3) is 0.333. The zero-order valence-electron chi connectivity index (χ0n) is 8.67. The van der Waals surface area contributed by atoms with E-state index in [1.165, 1.54) is 16.8 Å². The molecule has 0 saturated carbocycles. The van der Waals surface area contributed by atoms with Gasteiger partial charge in [-0.15, -0.1) is 0 Å². The fourth-order valence-corrected chi connectivity index (χ4v) is 1.26. The van der Waals surface area contributed by atoms with Gasteiger partial charge in [0.05, 0.1) is 0 Å². The summed E-state index contributed by atoms with van der Waals surface area (Å²) < 4.78 is 0. The molecule has 0 atom stereocenters. The van der Waals surface area contributed by atoms with Crippen LogP contribution in [0.5, 0.6) is 0 Å². The summed E-state index contributed by atoms with van der Waals surface area (Å²) in [6.45, 7) is 5.95. The summed E-state index contributed by atoms with van der Waals surface area (Å²) in [6, 6.07) is 8.59. The molecule has 0 unspecified atom stereocenters. The van der Waals surface area contributed by atoms with E-state index in [2.05, 4.69) is 42.7 Å². The normalized spacial score (nSPS) is 9.77. The Morgan fingerprint density at radius 3 is 2.15 bits per heavy atom. The number of anilines is 1. The van der Waals surface area contributed by atoms with Crippen LogP contribution in [-0.4, -0.2) is 14.1 Å². The third kappa shape index (κ3) is 2.94. The van der Waals surface area contributed by atoms with Gasteiger partial charge in [0.1, 0.15) is 0 Å². The molecule has 1 heteroatoms. The third-order valence-electron chi connectivity index (χ3n) is 1.96. The molecular weight excluding hydrogens is 158 g/mol. The highest BCUT2D eigenvalue weighted by Gasteiger charge is 1.95. The van der Waals surface area contributed by atoms with Crippen LogP contribution in [0.3, 0.4) is 0 Å². The first kappa shape index (κ1) is 9.85. The van der Waals surface area contributed by atoms with Crippen LogP contribution in [0.4, 0.5) is 5.69 Å². The van der Waals surface area contributed by atoms with E-state index >= 15 is 0 Å². The van der Waals surface area contributed by atoms with E-state index in [-0.39, 0.29) is 0 Å². The molecule has 0 bridgehead atoms. The summed E-state index contributed by atoms with van der Waals surface area (Å²) in [4.78, 5) is 2.10. The highest BCUT2D eigenvalue weighted by atomic mass is 15.1. The zero-order valence-corrected chi connectivity index (χ0v) is 8.67. The van der Waals surface area contributed by atoms with Crippen molar-refractivity contribution in [3.05, 3.63) is 42.0 Å². The molecule has 0 radical (unpaired) electrons. The van der Waals surface area contributed by atoms with Gasteiger partial charge >= 0.3 is 0 Å². The Bertz CT molecular complexity index is 282. The van der Waals surface area contributed by atoms with Crippen molar-refractivity contribution in [3.63, 3.8) is 0 Å². The fourth-order valence-electron chi connectivity index (χ4n) is 1.26. The smallest absolute Gasteiger partial charge is 0.0361 e. The van der Waals surface area contributed by atoms with Gasteiger partial charge in [-0.1, -0.05) is 24.3 Å². The average molecular weight is 175 g/mol. The van der Waals surface area contributed by atoms with E-state index in [4.69, 9.17) is 0 Å². The number of rotatable bonds is 3. The minimum Gasteiger partial charge on any atom is -0.378 e. The first-order valence-corrected chi connectivity index (χ1v) is 4.50. The Hall–Kier alpha value is -1.24. The van der Waals surface area contributed by atoms with E-state index in [0.717, 1.165) is 6.42 Å². The first-order chi connectivity index (χ1) is 6.09. The Kier molecular flexibility index (Phi) is 3.13. The summed E-state index contributed by atoms with van der Waals surface area (Å²) in [5.41, 5.74) is 3.78. The van der Waals surface area contributed by atoms with Gasteiger partial charge < -0.3 is 4.90 Å². The molecule has 0 aromatic heterocycles. The van der Waals surface area contributed by atoms with Crippen LogP contribution in [0, 0.1) is 0 Å². The summed E-state index contributed by atoms with van der Waals surface area (Å²) >= 11 is 0. The third-order valence-corrected chi connectivity index (χ3v) is 1.96. The number of hydrogen-bond donors (Lipinski definition) is 0. The molecule has 1 rings (SSSR count). The van der Waals surface area contributed by atoms with Crippen LogP contribution in [0.1, 0.15) is 12.5 Å². The van der Waals surface area contributed by atoms with Crippen LogP contribution in [0.25, 0.3) is 0 Å². The monoisotopic (exact) mass is 175 g/mol. The summed E-state index contributed by atoms with van der Waals surface area (Å²) in [5.74, 6) is 0. The van der Waals surface area contributed by atoms with Crippen molar-refractivity contribution in [1.29, 1.82) is 0 Å². The number of hydrogen-bond acceptors (Lipinski definition) is 1. The highest BCUT2D eigenvalue weighted by Crippen LogP contribution is 2.13. The quantitative estimate of drug-likeness (QED) is 0.638. The molecule has 1 aromatic carbocycles. The van der Waals surface area contributed by atoms with Crippen molar-refractivity contribution in [1.82, 2.24) is 0 Å². The van der Waals surface area contributed by atoms with E-state index in [0.29, 0.717) is 0 Å². The van der Waals surface area contributed by atoms with Gasteiger partial charge in [-0.05, 0) is 31.0 Å². The van der Waals surface area contributed by atoms with Crippen molar-refractivity contribution >= 4 is 5.69 Å². The van der Waals surface area contributed by atoms with Crippen LogP contribution in [-0.2, 0) is 6.42 Å². The lowest BCUT2D eigenvalue weighted by molar-refractivity contribution is 1.11. The molecule has 1 nitrogen and oxygen atoms in total. The molecular formula is C12H17N. The Morgan fingerprint density at radius 1 is 1.23 bits per heavy atom. The molecule has 0 N–H and O–H groups in total. The molecule has 0 fully saturated rings. The van der Waals surface area contributed by atoms with Crippen LogP contribution < -0.4 is 4.90 Å². The first-order valence-electron chi connectivity index (χ1n) is 4.50. The van der Waals surface area contributed by atoms with Crippen molar-refractivity contribution in [2.24, 2.45) is 0 Å². The number of benzene rings is 1. The second-order valence-corrected chi connectivity index (χ2v) is 3.69. The van der Waals surface area contributed by atoms with Gasteiger partial charge in [-0.2, -0.15) is 0 Å². The average Bonchev–Trinajstić information content (AvgIpc) is 2.04. The summed E-state index contributed by atoms with van der Waals surface area (Å²) in [5, 5.41) is 0. The number of allylic oxidation sites excluding steroid dienone is 1. The molecule has 0 spiro atoms. The molecule has 0 heterocycles. The van der Waals surface area contributed by atoms with E-state index < -0.39 is 0 Å². The van der Waals surface area contributed by atoms with Gasteiger partial charge in [-0.3, -0.25) is 0 Å². The molecule has 0 aliphatic rings. The van der Waals surface area contributed by atoms with Gasteiger partial charge in [-0.25, -0.2) is 0 Å². The zero-order chi connectivity index (χ0) is 9.84. The maximum absolute atomic E-state index is 3.90. The van der Waals surface area contributed by atoms with Crippen LogP contribution in [0.2, 0.25) is 0 Å². The largest absolute Gasteiger partial charge is 0.378 e. The highest BCUT2D eigenvalue weighted by molar-refractivity contribution is 5.46. The topological polar surface area (TPSA) is 3.24 Å². The van der Waals surface area contributed by atoms with Gasteiger partial charge in [0.2, 0.25) is 0 Å². The molecule has 70 valence electrons. The lowest BCUT2D eigenvalue weighted by Gasteiger charge is -2.12. The maximum atomic E-state index is 3.90. The van der Waals surface area contributed by atoms with Crippen LogP contribution in [0.15, 0.2) is 36.4 Å². The SMILES string of the molecule is C=C(C)Cc1ccc(N(C)C)cc1. The molecule has 0 amide bonds. The van der Waals surface area contributed by atoms with Crippen molar-refractivity contribution in [2.45, 2.75) is 13.3 Å². The van der Waals surface area contributed by atoms with Crippen molar-refractivity contribution in [3.8, 4) is 0 Å². The lowest BCUT2D eigenvalue weighted by Crippen LogP contribution is -2.08. The Labute approximate surface area is 80.7 Å². The predicted octanol–water partition coefficient (Wildman–Crippen LogP) is 2.87. The molecule has 0 saturated heterocycles. The van der Waals surface area contributed by atoms with E-state index in [1.807, 2.05) is 14.1 Å². The van der Waals surface area contributed by atoms with E-state index in [9.17, 15) is 0 Å². The second kappa shape index (κ2) is 4.13. The van der Waals surface area contributed by atoms with Crippen molar-refractivity contribution < 1.29 is 0 Å². The van der Waals surface area contributed by atoms with Gasteiger partial charge in [0.15, 0.2) is 0 Å². The molecule has 0 aliphatic heterocycles. The van der Waals surface area contributed by atoms with Crippen LogP contribution >= 0.6 is 0 Å². The Morgan fingerprint density at radius 2 is 1.77 bits per heavy atom. The minimum atomic E-state index is 0.980. The number of nitrogens with zero attached hydrogens (tertiary/aromatic N) is 1. The molecule has 0 aliphatic carbocycles. The maximum Gasteiger partial charge on any atom is 0.0361 e. The molecule has 13 heavy (non-hydrogen) atoms.